The number of halogens is 1. The normalized spacial score (nSPS) is 19.9. The molecule has 3 aromatic rings. The number of hydrogen-bond donors (Lipinski definition) is 2. The molecule has 134 valence electrons. The highest BCUT2D eigenvalue weighted by atomic mass is 19.1. The summed E-state index contributed by atoms with van der Waals surface area (Å²) >= 11 is 0. The molecule has 2 atom stereocenters. The molecule has 0 spiro atoms. The average molecular weight is 355 g/mol. The second kappa shape index (κ2) is 6.42. The molecule has 0 aliphatic carbocycles. The van der Waals surface area contributed by atoms with Crippen LogP contribution in [0.2, 0.25) is 0 Å². The molecule has 1 saturated heterocycles. The van der Waals surface area contributed by atoms with Crippen LogP contribution in [0.5, 0.6) is 5.75 Å². The van der Waals surface area contributed by atoms with Gasteiger partial charge in [-0.3, -0.25) is 4.79 Å². The van der Waals surface area contributed by atoms with Gasteiger partial charge in [-0.05, 0) is 37.3 Å². The SMILES string of the molecule is Cc1nc2ccc(C(=O)N3C[C@@H](O)[C@H](Oc4cccc(F)c4)C3)cc2[nH]1. The van der Waals surface area contributed by atoms with Crippen molar-refractivity contribution < 1.29 is 19.0 Å². The van der Waals surface area contributed by atoms with Crippen LogP contribution in [0.25, 0.3) is 11.0 Å². The summed E-state index contributed by atoms with van der Waals surface area (Å²) in [5, 5.41) is 10.2. The smallest absolute Gasteiger partial charge is 0.254 e. The Hall–Kier alpha value is -2.93. The summed E-state index contributed by atoms with van der Waals surface area (Å²) in [6.45, 7) is 2.25. The van der Waals surface area contributed by atoms with E-state index in [9.17, 15) is 14.3 Å². The Labute approximate surface area is 149 Å². The van der Waals surface area contributed by atoms with Gasteiger partial charge in [-0.15, -0.1) is 0 Å². The van der Waals surface area contributed by atoms with Crippen LogP contribution in [0.15, 0.2) is 42.5 Å². The second-order valence-corrected chi connectivity index (χ2v) is 6.45. The highest BCUT2D eigenvalue weighted by molar-refractivity contribution is 5.97. The maximum Gasteiger partial charge on any atom is 0.254 e. The number of fused-ring (bicyclic) bond motifs is 1. The molecule has 0 unspecified atom stereocenters. The summed E-state index contributed by atoms with van der Waals surface area (Å²) < 4.78 is 18.9. The van der Waals surface area contributed by atoms with Crippen molar-refractivity contribution in [2.24, 2.45) is 0 Å². The molecule has 1 aliphatic heterocycles. The highest BCUT2D eigenvalue weighted by Gasteiger charge is 2.36. The van der Waals surface area contributed by atoms with Gasteiger partial charge in [0.15, 0.2) is 0 Å². The molecule has 2 heterocycles. The quantitative estimate of drug-likeness (QED) is 0.756. The van der Waals surface area contributed by atoms with E-state index in [4.69, 9.17) is 4.74 Å². The Balaban J connectivity index is 1.49. The summed E-state index contributed by atoms with van der Waals surface area (Å²) in [5.74, 6) is 0.511. The number of likely N-dealkylation sites (tertiary alicyclic amines) is 1. The Bertz CT molecular complexity index is 972. The number of β-amino-alcohol motifs (C(OH)–C–C–N with tert-alkyl or cyclic N) is 1. The number of rotatable bonds is 3. The molecule has 4 rings (SSSR count). The lowest BCUT2D eigenvalue weighted by atomic mass is 10.2. The van der Waals surface area contributed by atoms with Gasteiger partial charge in [0, 0.05) is 11.6 Å². The van der Waals surface area contributed by atoms with Crippen molar-refractivity contribution >= 4 is 16.9 Å². The van der Waals surface area contributed by atoms with Crippen molar-refractivity contribution in [2.75, 3.05) is 13.1 Å². The van der Waals surface area contributed by atoms with Crippen LogP contribution in [-0.4, -0.2) is 51.2 Å². The fourth-order valence-electron chi connectivity index (χ4n) is 3.21. The molecule has 1 aliphatic rings. The average Bonchev–Trinajstić information content (AvgIpc) is 3.15. The maximum absolute atomic E-state index is 13.3. The molecule has 1 fully saturated rings. The summed E-state index contributed by atoms with van der Waals surface area (Å²) in [4.78, 5) is 21.7. The van der Waals surface area contributed by atoms with Crippen molar-refractivity contribution in [3.63, 3.8) is 0 Å². The zero-order chi connectivity index (χ0) is 18.3. The van der Waals surface area contributed by atoms with Crippen LogP contribution >= 0.6 is 0 Å². The third-order valence-electron chi connectivity index (χ3n) is 4.45. The van der Waals surface area contributed by atoms with Crippen molar-refractivity contribution in [1.82, 2.24) is 14.9 Å². The fraction of sp³-hybridized carbons (Fsp3) is 0.263. The number of imidazole rings is 1. The Morgan fingerprint density at radius 3 is 2.96 bits per heavy atom. The lowest BCUT2D eigenvalue weighted by molar-refractivity contribution is 0.0728. The minimum Gasteiger partial charge on any atom is -0.486 e. The number of benzene rings is 2. The molecule has 1 aromatic heterocycles. The number of nitrogens with zero attached hydrogens (tertiary/aromatic N) is 2. The van der Waals surface area contributed by atoms with Crippen LogP contribution < -0.4 is 4.74 Å². The van der Waals surface area contributed by atoms with Gasteiger partial charge < -0.3 is 19.7 Å². The number of H-pyrrole nitrogens is 1. The molecular weight excluding hydrogens is 337 g/mol. The predicted octanol–water partition coefficient (Wildman–Crippen LogP) is 2.27. The van der Waals surface area contributed by atoms with Gasteiger partial charge in [0.25, 0.3) is 5.91 Å². The minimum atomic E-state index is -0.833. The molecule has 0 radical (unpaired) electrons. The number of aromatic nitrogens is 2. The number of carbonyl (C=O) groups excluding carboxylic acids is 1. The largest absolute Gasteiger partial charge is 0.486 e. The van der Waals surface area contributed by atoms with Gasteiger partial charge in [-0.2, -0.15) is 0 Å². The van der Waals surface area contributed by atoms with Crippen molar-refractivity contribution in [2.45, 2.75) is 19.1 Å². The number of aromatic amines is 1. The maximum atomic E-state index is 13.3. The number of hydrogen-bond acceptors (Lipinski definition) is 4. The standard InChI is InChI=1S/C19H18FN3O3/c1-11-21-15-6-5-12(7-16(15)22-11)19(25)23-9-17(24)18(10-23)26-14-4-2-3-13(20)8-14/h2-8,17-18,24H,9-10H2,1H3,(H,21,22)/t17-,18-/m1/s1. The summed E-state index contributed by atoms with van der Waals surface area (Å²) in [6.07, 6.45) is -1.43. The molecule has 0 saturated carbocycles. The van der Waals surface area contributed by atoms with Crippen LogP contribution in [-0.2, 0) is 0 Å². The number of nitrogens with one attached hydrogen (secondary N) is 1. The van der Waals surface area contributed by atoms with Gasteiger partial charge in [0.1, 0.15) is 29.6 Å². The van der Waals surface area contributed by atoms with Crippen LogP contribution in [0.1, 0.15) is 16.2 Å². The summed E-state index contributed by atoms with van der Waals surface area (Å²) in [5.41, 5.74) is 2.10. The minimum absolute atomic E-state index is 0.166. The third-order valence-corrected chi connectivity index (χ3v) is 4.45. The zero-order valence-corrected chi connectivity index (χ0v) is 14.1. The lowest BCUT2D eigenvalue weighted by Crippen LogP contribution is -2.31. The van der Waals surface area contributed by atoms with E-state index < -0.39 is 18.0 Å². The molecule has 0 bridgehead atoms. The summed E-state index contributed by atoms with van der Waals surface area (Å²) in [6, 6.07) is 11.0. The Kier molecular flexibility index (Phi) is 4.08. The molecule has 6 nitrogen and oxygen atoms in total. The van der Waals surface area contributed by atoms with E-state index in [1.54, 1.807) is 29.2 Å². The van der Waals surface area contributed by atoms with E-state index in [-0.39, 0.29) is 19.0 Å². The van der Waals surface area contributed by atoms with E-state index in [0.717, 1.165) is 16.9 Å². The topological polar surface area (TPSA) is 78.5 Å². The van der Waals surface area contributed by atoms with Gasteiger partial charge in [-0.25, -0.2) is 9.37 Å². The zero-order valence-electron chi connectivity index (χ0n) is 14.1. The second-order valence-electron chi connectivity index (χ2n) is 6.45. The predicted molar refractivity (Wildman–Crippen MR) is 93.6 cm³/mol. The van der Waals surface area contributed by atoms with Gasteiger partial charge in [0.2, 0.25) is 0 Å². The highest BCUT2D eigenvalue weighted by Crippen LogP contribution is 2.22. The van der Waals surface area contributed by atoms with E-state index in [2.05, 4.69) is 9.97 Å². The van der Waals surface area contributed by atoms with E-state index >= 15 is 0 Å². The number of ether oxygens (including phenoxy) is 1. The first kappa shape index (κ1) is 16.5. The first-order valence-corrected chi connectivity index (χ1v) is 8.35. The monoisotopic (exact) mass is 355 g/mol. The van der Waals surface area contributed by atoms with Crippen molar-refractivity contribution in [3.05, 3.63) is 59.7 Å². The molecule has 7 heteroatoms. The Morgan fingerprint density at radius 2 is 2.15 bits per heavy atom. The molecule has 26 heavy (non-hydrogen) atoms. The molecular formula is C19H18FN3O3. The number of aliphatic hydroxyl groups is 1. The van der Waals surface area contributed by atoms with Crippen LogP contribution in [0.4, 0.5) is 4.39 Å². The first-order valence-electron chi connectivity index (χ1n) is 8.35. The van der Waals surface area contributed by atoms with E-state index in [1.165, 1.54) is 18.2 Å². The van der Waals surface area contributed by atoms with Crippen molar-refractivity contribution in [1.29, 1.82) is 0 Å². The van der Waals surface area contributed by atoms with Crippen LogP contribution in [0, 0.1) is 12.7 Å². The molecule has 1 amide bonds. The third kappa shape index (κ3) is 3.13. The van der Waals surface area contributed by atoms with Gasteiger partial charge >= 0.3 is 0 Å². The number of carbonyl (C=O) groups is 1. The molecule has 2 N–H and O–H groups in total. The molecule has 2 aromatic carbocycles. The Morgan fingerprint density at radius 1 is 1.31 bits per heavy atom. The fourth-order valence-corrected chi connectivity index (χ4v) is 3.21. The van der Waals surface area contributed by atoms with E-state index in [0.29, 0.717) is 11.3 Å². The van der Waals surface area contributed by atoms with Gasteiger partial charge in [0.05, 0.1) is 24.1 Å². The number of aryl methyl sites for hydroxylation is 1. The first-order chi connectivity index (χ1) is 12.5. The van der Waals surface area contributed by atoms with Crippen LogP contribution in [0.3, 0.4) is 0 Å². The van der Waals surface area contributed by atoms with E-state index in [1.807, 2.05) is 6.92 Å². The number of aliphatic hydroxyl groups excluding tert-OH is 1. The number of amides is 1. The van der Waals surface area contributed by atoms with Gasteiger partial charge in [-0.1, -0.05) is 6.07 Å². The van der Waals surface area contributed by atoms with Crippen molar-refractivity contribution in [3.8, 4) is 5.75 Å². The lowest BCUT2D eigenvalue weighted by Gasteiger charge is -2.17. The summed E-state index contributed by atoms with van der Waals surface area (Å²) in [7, 11) is 0.